The molecule has 6 fully saturated rings. The summed E-state index contributed by atoms with van der Waals surface area (Å²) in [6.07, 6.45) is 3.29. The minimum atomic E-state index is -2.01. The smallest absolute Gasteiger partial charge is 0.255 e. The molecule has 0 radical (unpaired) electrons. The highest BCUT2D eigenvalue weighted by Gasteiger charge is 2.43. The van der Waals surface area contributed by atoms with E-state index in [0.29, 0.717) is 154 Å². The maximum atomic E-state index is 13.1. The third-order valence-electron chi connectivity index (χ3n) is 18.5. The molecule has 6 atom stereocenters. The van der Waals surface area contributed by atoms with Crippen LogP contribution in [-0.4, -0.2) is 160 Å². The van der Waals surface area contributed by atoms with Gasteiger partial charge in [0.15, 0.2) is 0 Å². The molecular weight excluding hydrogens is 1300 g/mol. The molecule has 15 rings (SSSR count). The van der Waals surface area contributed by atoms with E-state index < -0.39 is 50.2 Å². The largest absolute Gasteiger partial charge is 0.489 e. The number of nitrogens with zero attached hydrogens (tertiary/aromatic N) is 6. The maximum Gasteiger partial charge on any atom is 0.255 e. The van der Waals surface area contributed by atoms with Crippen LogP contribution >= 0.6 is 0 Å². The van der Waals surface area contributed by atoms with Crippen molar-refractivity contribution in [3.63, 3.8) is 0 Å². The number of allylic oxidation sites excluding steroid dienone is 3. The van der Waals surface area contributed by atoms with Crippen LogP contribution in [0.2, 0.25) is 0 Å². The molecule has 0 aromatic heterocycles. The molecule has 9 heterocycles. The van der Waals surface area contributed by atoms with E-state index >= 15 is 0 Å². The number of benzene rings is 6. The van der Waals surface area contributed by atoms with Gasteiger partial charge in [-0.1, -0.05) is 111 Å². The number of hydrogen-bond donors (Lipinski definition) is 3. The number of ether oxygens (including phenoxy) is 6. The lowest BCUT2D eigenvalue weighted by Gasteiger charge is -2.31. The van der Waals surface area contributed by atoms with E-state index in [0.717, 1.165) is 4.90 Å². The van der Waals surface area contributed by atoms with Gasteiger partial charge >= 0.3 is 0 Å². The van der Waals surface area contributed by atoms with Gasteiger partial charge in [0.25, 0.3) is 17.7 Å². The third kappa shape index (κ3) is 15.9. The number of piperidine rings is 3. The summed E-state index contributed by atoms with van der Waals surface area (Å²) in [5, 5.41) is 8.15. The molecule has 0 spiro atoms. The van der Waals surface area contributed by atoms with Gasteiger partial charge in [-0.3, -0.25) is 43.2 Å². The van der Waals surface area contributed by atoms with Crippen molar-refractivity contribution in [2.45, 2.75) is 116 Å². The lowest BCUT2D eigenvalue weighted by Crippen LogP contribution is -2.49. The molecule has 0 saturated carbocycles. The van der Waals surface area contributed by atoms with Crippen molar-refractivity contribution < 1.29 is 83.9 Å². The van der Waals surface area contributed by atoms with E-state index in [1.165, 1.54) is 31.7 Å². The first kappa shape index (κ1) is 58.8. The van der Waals surface area contributed by atoms with Crippen molar-refractivity contribution in [1.29, 1.82) is 0 Å². The molecule has 6 saturated heterocycles. The van der Waals surface area contributed by atoms with E-state index in [4.69, 9.17) is 40.8 Å². The predicted octanol–water partition coefficient (Wildman–Crippen LogP) is 7.12. The van der Waals surface area contributed by atoms with Gasteiger partial charge < -0.3 is 73.8 Å². The molecule has 6 aromatic rings. The van der Waals surface area contributed by atoms with Gasteiger partial charge in [0.05, 0.1) is 51.8 Å². The first-order valence-electron chi connectivity index (χ1n) is 38.3. The highest BCUT2D eigenvalue weighted by Crippen LogP contribution is 2.38. The minimum Gasteiger partial charge on any atom is -0.489 e. The predicted molar refractivity (Wildman–Crippen MR) is 371 cm³/mol. The minimum absolute atomic E-state index is 0.0254. The Morgan fingerprint density at radius 1 is 0.431 bits per heavy atom. The van der Waals surface area contributed by atoms with Gasteiger partial charge in [-0.05, 0) is 108 Å². The van der Waals surface area contributed by atoms with Crippen LogP contribution in [0.5, 0.6) is 17.2 Å². The van der Waals surface area contributed by atoms with Crippen molar-refractivity contribution >= 4 is 53.2 Å². The molecule has 0 bridgehead atoms. The molecule has 102 heavy (non-hydrogen) atoms. The molecule has 528 valence electrons. The second-order valence-electron chi connectivity index (χ2n) is 25.4. The van der Waals surface area contributed by atoms with E-state index in [2.05, 4.69) is 35.7 Å². The second-order valence-corrected chi connectivity index (χ2v) is 25.4. The summed E-state index contributed by atoms with van der Waals surface area (Å²) in [7, 11) is 0. The highest BCUT2D eigenvalue weighted by molar-refractivity contribution is 6.04. The Labute approximate surface area is 603 Å². The molecule has 9 aliphatic heterocycles. The molecule has 9 aliphatic rings. The van der Waals surface area contributed by atoms with Gasteiger partial charge in [-0.25, -0.2) is 0 Å². The number of carbonyl (C=O) groups is 9. The average molecular weight is 1390 g/mol. The van der Waals surface area contributed by atoms with Crippen molar-refractivity contribution in [2.24, 2.45) is 0 Å². The third-order valence-corrected chi connectivity index (χ3v) is 18.5. The van der Waals surface area contributed by atoms with Crippen molar-refractivity contribution in [2.75, 3.05) is 59.3 Å². The van der Waals surface area contributed by atoms with Crippen LogP contribution in [0.25, 0.3) is 0 Å². The van der Waals surface area contributed by atoms with E-state index in [-0.39, 0.29) is 149 Å². The van der Waals surface area contributed by atoms with Crippen LogP contribution in [0.1, 0.15) is 132 Å². The molecule has 24 heteroatoms. The number of fused-ring (bicyclic) bond motifs is 3. The van der Waals surface area contributed by atoms with Crippen LogP contribution in [0, 0.1) is 0 Å². The van der Waals surface area contributed by atoms with E-state index in [9.17, 15) is 43.2 Å². The zero-order valence-electron chi connectivity index (χ0n) is 64.8. The topological polar surface area (TPSA) is 265 Å². The van der Waals surface area contributed by atoms with Gasteiger partial charge in [0.2, 0.25) is 35.4 Å². The normalized spacial score (nSPS) is 22.7. The molecular formula is C78H81N9O15. The summed E-state index contributed by atoms with van der Waals surface area (Å²) in [5.74, 6) is -1.23. The number of carbonyl (C=O) groups excluding carboxylic acids is 9. The summed E-state index contributed by atoms with van der Waals surface area (Å²) in [5.41, 5.74) is 7.35. The number of rotatable bonds is 18. The van der Waals surface area contributed by atoms with Crippen LogP contribution < -0.4 is 30.2 Å². The summed E-state index contributed by atoms with van der Waals surface area (Å²) in [4.78, 5) is 122. The Balaban J connectivity index is 0.000000146. The highest BCUT2D eigenvalue weighted by atomic mass is 16.5. The van der Waals surface area contributed by atoms with Crippen molar-refractivity contribution in [3.05, 3.63) is 231 Å². The van der Waals surface area contributed by atoms with Gasteiger partial charge in [-0.2, -0.15) is 0 Å². The maximum absolute atomic E-state index is 13.1. The Morgan fingerprint density at radius 3 is 1.25 bits per heavy atom. The number of amides is 9. The number of hydrogen-bond acceptors (Lipinski definition) is 15. The Morgan fingerprint density at radius 2 is 0.814 bits per heavy atom. The van der Waals surface area contributed by atoms with Gasteiger partial charge in [-0.15, -0.1) is 0 Å². The first-order valence-corrected chi connectivity index (χ1v) is 33.5. The lowest BCUT2D eigenvalue weighted by atomic mass is 10.0. The van der Waals surface area contributed by atoms with E-state index in [1.807, 2.05) is 0 Å². The van der Waals surface area contributed by atoms with Gasteiger partial charge in [0.1, 0.15) is 75.0 Å². The Bertz CT molecular complexity index is 4800. The van der Waals surface area contributed by atoms with Crippen molar-refractivity contribution in [1.82, 2.24) is 45.3 Å². The fourth-order valence-corrected chi connectivity index (χ4v) is 13.0. The lowest BCUT2D eigenvalue weighted by molar-refractivity contribution is -0.144. The van der Waals surface area contributed by atoms with Crippen LogP contribution in [-0.2, 0) is 102 Å². The fraction of sp³-hybridized carbons (Fsp3) is 0.346. The number of nitrogens with one attached hydrogen (secondary N) is 3. The quantitative estimate of drug-likeness (QED) is 0.0774. The summed E-state index contributed by atoms with van der Waals surface area (Å²) in [6.45, 7) is 8.19. The second kappa shape index (κ2) is 31.3. The van der Waals surface area contributed by atoms with Crippen LogP contribution in [0.3, 0.4) is 0 Å². The van der Waals surface area contributed by atoms with Gasteiger partial charge in [0, 0.05) is 89.7 Å². The van der Waals surface area contributed by atoms with Crippen LogP contribution in [0.15, 0.2) is 164 Å². The summed E-state index contributed by atoms with van der Waals surface area (Å²) in [6, 6.07) is 25.7. The number of morpholine rings is 3. The molecule has 9 amide bonds. The average Bonchev–Trinajstić information content (AvgIpc) is 1.65. The fourth-order valence-electron chi connectivity index (χ4n) is 13.0. The SMILES string of the molecule is [2H]C(Oc1cccc2c1CN(C1CCC(=C)NC1=O)C2=O)c1ccc(C([2H])([2H])N2CCOCC2=O)cc1.[2H]c1cc(C([2H])Oc2cccc3c2CN(C2CCC(=C)NC2=O)C3=O)ccc1C([2H])N1CCOCC1=O.[2H]c1cc(COc2cccc3c2CN(C2CCC(=C)NC2=O)C3=O)c([2H])c([2H])c1CN1CCOCC1=O. The molecule has 6 aromatic carbocycles. The Hall–Kier alpha value is -11.0. The van der Waals surface area contributed by atoms with E-state index in [1.54, 1.807) is 95.9 Å². The molecule has 0 aliphatic carbocycles. The Kier molecular flexibility index (Phi) is 18.0. The molecule has 3 N–H and O–H groups in total. The monoisotopic (exact) mass is 1390 g/mol. The molecule has 24 nitrogen and oxygen atoms in total. The standard InChI is InChI=1S/3C26H27N3O5/c3*1-17-5-10-22(25(31)27-17)29-14-21-20(26(29)32)3-2-4-23(21)34-15-19-8-6-18(7-9-19)13-28-11-12-33-16-24(28)30/h3*2-4,6-9,22H,1,5,10-16H2,(H,27,31)/i6D,13D,15D;6D,7D,8D;13D2,15D. The molecule has 6 unspecified atom stereocenters. The summed E-state index contributed by atoms with van der Waals surface area (Å²) < 4.78 is 109. The van der Waals surface area contributed by atoms with Crippen molar-refractivity contribution in [3.8, 4) is 17.2 Å². The zero-order valence-corrected chi connectivity index (χ0v) is 55.8. The first-order chi connectivity index (χ1) is 53.1. The zero-order chi connectivity index (χ0) is 78.9. The van der Waals surface area contributed by atoms with Crippen LogP contribution in [0.4, 0.5) is 0 Å². The summed E-state index contributed by atoms with van der Waals surface area (Å²) >= 11 is 0.